The topological polar surface area (TPSA) is 57.1 Å². The minimum atomic E-state index is 0.659. The molecule has 2 aromatic heterocycles. The Balaban J connectivity index is 1.71. The van der Waals surface area contributed by atoms with Crippen LogP contribution in [0.5, 0.6) is 11.5 Å². The fourth-order valence-electron chi connectivity index (χ4n) is 2.87. The summed E-state index contributed by atoms with van der Waals surface area (Å²) in [5.41, 5.74) is 1.60. The van der Waals surface area contributed by atoms with E-state index >= 15 is 0 Å². The first-order valence-corrected chi connectivity index (χ1v) is 10.1. The molecule has 3 aromatic rings. The minimum Gasteiger partial charge on any atom is -0.493 e. The van der Waals surface area contributed by atoms with Crippen LogP contribution in [0.3, 0.4) is 0 Å². The number of aromatic nitrogens is 3. The molecule has 27 heavy (non-hydrogen) atoms. The molecule has 0 aliphatic rings. The van der Waals surface area contributed by atoms with Gasteiger partial charge < -0.3 is 9.47 Å². The zero-order valence-corrected chi connectivity index (χ0v) is 16.9. The van der Waals surface area contributed by atoms with Gasteiger partial charge in [-0.1, -0.05) is 26.2 Å². The van der Waals surface area contributed by atoms with Gasteiger partial charge in [0.1, 0.15) is 5.69 Å². The quantitative estimate of drug-likeness (QED) is 0.463. The normalized spacial score (nSPS) is 10.8. The lowest BCUT2D eigenvalue weighted by molar-refractivity contribution is 0.355. The first kappa shape index (κ1) is 19.3. The lowest BCUT2D eigenvalue weighted by Crippen LogP contribution is -1.95. The van der Waals surface area contributed by atoms with Crippen LogP contribution in [0.15, 0.2) is 36.5 Å². The third kappa shape index (κ3) is 4.83. The molecule has 0 atom stereocenters. The Kier molecular flexibility index (Phi) is 6.76. The van der Waals surface area contributed by atoms with E-state index in [9.17, 15) is 0 Å². The highest BCUT2D eigenvalue weighted by molar-refractivity contribution is 7.15. The molecule has 3 rings (SSSR count). The van der Waals surface area contributed by atoms with Crippen molar-refractivity contribution in [2.24, 2.45) is 0 Å². The maximum absolute atomic E-state index is 5.35. The number of hydrogen-bond donors (Lipinski definition) is 0. The molecule has 1 aromatic carbocycles. The average Bonchev–Trinajstić information content (AvgIpc) is 3.20. The SMILES string of the molecule is CCCCCCc1ccc(-c2ncc(-c3ccc(OC)c(OC)c3)nn2)s1. The van der Waals surface area contributed by atoms with Crippen LogP contribution in [0, 0.1) is 0 Å². The Labute approximate surface area is 164 Å². The molecule has 0 unspecified atom stereocenters. The van der Waals surface area contributed by atoms with E-state index in [1.807, 2.05) is 18.2 Å². The van der Waals surface area contributed by atoms with Crippen LogP contribution in [0.1, 0.15) is 37.5 Å². The van der Waals surface area contributed by atoms with E-state index in [-0.39, 0.29) is 0 Å². The Hall–Kier alpha value is -2.47. The summed E-state index contributed by atoms with van der Waals surface area (Å²) in [5.74, 6) is 2.01. The molecule has 0 bridgehead atoms. The average molecular weight is 384 g/mol. The molecule has 0 saturated carbocycles. The van der Waals surface area contributed by atoms with Crippen molar-refractivity contribution in [2.75, 3.05) is 14.2 Å². The third-order valence-corrected chi connectivity index (χ3v) is 5.54. The molecule has 0 fully saturated rings. The molecule has 0 spiro atoms. The van der Waals surface area contributed by atoms with Crippen molar-refractivity contribution in [1.82, 2.24) is 15.2 Å². The molecular weight excluding hydrogens is 358 g/mol. The second-order valence-electron chi connectivity index (χ2n) is 6.31. The molecular formula is C21H25N3O2S. The number of nitrogens with zero attached hydrogens (tertiary/aromatic N) is 3. The van der Waals surface area contributed by atoms with E-state index in [2.05, 4.69) is 34.2 Å². The number of unbranched alkanes of at least 4 members (excludes halogenated alkanes) is 3. The second kappa shape index (κ2) is 9.46. The Morgan fingerprint density at radius 2 is 1.78 bits per heavy atom. The molecule has 5 nitrogen and oxygen atoms in total. The highest BCUT2D eigenvalue weighted by Gasteiger charge is 2.10. The van der Waals surface area contributed by atoms with Crippen molar-refractivity contribution in [3.63, 3.8) is 0 Å². The van der Waals surface area contributed by atoms with Crippen LogP contribution in [0.2, 0.25) is 0 Å². The van der Waals surface area contributed by atoms with E-state index in [0.29, 0.717) is 23.0 Å². The summed E-state index contributed by atoms with van der Waals surface area (Å²) in [5, 5.41) is 8.67. The number of aryl methyl sites for hydroxylation is 1. The van der Waals surface area contributed by atoms with Gasteiger partial charge in [0.05, 0.1) is 25.3 Å². The fourth-order valence-corrected chi connectivity index (χ4v) is 3.86. The van der Waals surface area contributed by atoms with Crippen molar-refractivity contribution in [3.05, 3.63) is 41.4 Å². The number of methoxy groups -OCH3 is 2. The molecule has 2 heterocycles. The minimum absolute atomic E-state index is 0.659. The predicted octanol–water partition coefficient (Wildman–Crippen LogP) is 5.41. The Morgan fingerprint density at radius 3 is 2.48 bits per heavy atom. The Morgan fingerprint density at radius 1 is 0.926 bits per heavy atom. The molecule has 6 heteroatoms. The summed E-state index contributed by atoms with van der Waals surface area (Å²) in [6, 6.07) is 9.92. The van der Waals surface area contributed by atoms with E-state index in [4.69, 9.17) is 9.47 Å². The molecule has 0 saturated heterocycles. The van der Waals surface area contributed by atoms with Gasteiger partial charge in [-0.05, 0) is 43.2 Å². The lowest BCUT2D eigenvalue weighted by Gasteiger charge is -2.08. The molecule has 0 radical (unpaired) electrons. The molecule has 0 aliphatic carbocycles. The number of benzene rings is 1. The van der Waals surface area contributed by atoms with Gasteiger partial charge in [-0.2, -0.15) is 0 Å². The zero-order valence-electron chi connectivity index (χ0n) is 16.1. The van der Waals surface area contributed by atoms with Gasteiger partial charge in [-0.3, -0.25) is 0 Å². The van der Waals surface area contributed by atoms with Crippen molar-refractivity contribution >= 4 is 11.3 Å². The van der Waals surface area contributed by atoms with Crippen molar-refractivity contribution < 1.29 is 9.47 Å². The maximum atomic E-state index is 5.35. The van der Waals surface area contributed by atoms with Crippen LogP contribution in [0.4, 0.5) is 0 Å². The molecule has 142 valence electrons. The number of hydrogen-bond acceptors (Lipinski definition) is 6. The first-order chi connectivity index (χ1) is 13.2. The van der Waals surface area contributed by atoms with Crippen molar-refractivity contribution in [2.45, 2.75) is 39.0 Å². The number of ether oxygens (including phenoxy) is 2. The summed E-state index contributed by atoms with van der Waals surface area (Å²) in [7, 11) is 3.23. The summed E-state index contributed by atoms with van der Waals surface area (Å²) in [6.45, 7) is 2.24. The largest absolute Gasteiger partial charge is 0.493 e. The van der Waals surface area contributed by atoms with Crippen LogP contribution in [-0.2, 0) is 6.42 Å². The number of thiophene rings is 1. The van der Waals surface area contributed by atoms with Crippen LogP contribution in [-0.4, -0.2) is 29.4 Å². The summed E-state index contributed by atoms with van der Waals surface area (Å²) < 4.78 is 10.6. The summed E-state index contributed by atoms with van der Waals surface area (Å²) >= 11 is 1.76. The van der Waals surface area contributed by atoms with Crippen LogP contribution >= 0.6 is 11.3 Å². The monoisotopic (exact) mass is 383 g/mol. The Bertz CT molecular complexity index is 862. The van der Waals surface area contributed by atoms with Gasteiger partial charge in [0, 0.05) is 10.4 Å². The summed E-state index contributed by atoms with van der Waals surface area (Å²) in [6.07, 6.45) is 7.99. The van der Waals surface area contributed by atoms with Crippen LogP contribution in [0.25, 0.3) is 22.0 Å². The van der Waals surface area contributed by atoms with Gasteiger partial charge in [-0.25, -0.2) is 4.98 Å². The zero-order chi connectivity index (χ0) is 19.1. The van der Waals surface area contributed by atoms with Crippen molar-refractivity contribution in [3.8, 4) is 33.5 Å². The maximum Gasteiger partial charge on any atom is 0.191 e. The smallest absolute Gasteiger partial charge is 0.191 e. The van der Waals surface area contributed by atoms with Gasteiger partial charge in [0.25, 0.3) is 0 Å². The highest BCUT2D eigenvalue weighted by atomic mass is 32.1. The van der Waals surface area contributed by atoms with Crippen molar-refractivity contribution in [1.29, 1.82) is 0 Å². The molecule has 0 aliphatic heterocycles. The van der Waals surface area contributed by atoms with Crippen LogP contribution < -0.4 is 9.47 Å². The highest BCUT2D eigenvalue weighted by Crippen LogP contribution is 2.32. The standard InChI is InChI=1S/C21H25N3O2S/c1-4-5-6-7-8-16-10-12-20(27-16)21-22-14-17(23-24-21)15-9-11-18(25-2)19(13-15)26-3/h9-14H,4-8H2,1-3H3. The van der Waals surface area contributed by atoms with E-state index in [1.54, 1.807) is 31.8 Å². The van der Waals surface area contributed by atoms with Gasteiger partial charge in [0.2, 0.25) is 0 Å². The second-order valence-corrected chi connectivity index (χ2v) is 7.48. The third-order valence-electron chi connectivity index (χ3n) is 4.40. The lowest BCUT2D eigenvalue weighted by atomic mass is 10.1. The first-order valence-electron chi connectivity index (χ1n) is 9.26. The summed E-state index contributed by atoms with van der Waals surface area (Å²) in [4.78, 5) is 6.96. The molecule has 0 amide bonds. The van der Waals surface area contributed by atoms with E-state index < -0.39 is 0 Å². The van der Waals surface area contributed by atoms with E-state index in [1.165, 1.54) is 30.6 Å². The van der Waals surface area contributed by atoms with Gasteiger partial charge in [-0.15, -0.1) is 21.5 Å². The molecule has 0 N–H and O–H groups in total. The van der Waals surface area contributed by atoms with E-state index in [0.717, 1.165) is 16.9 Å². The van der Waals surface area contributed by atoms with Gasteiger partial charge >= 0.3 is 0 Å². The predicted molar refractivity (Wildman–Crippen MR) is 110 cm³/mol. The fraction of sp³-hybridized carbons (Fsp3) is 0.381. The number of rotatable bonds is 9. The van der Waals surface area contributed by atoms with Gasteiger partial charge in [0.15, 0.2) is 17.3 Å².